The Balaban J connectivity index is 1.59. The third-order valence-electron chi connectivity index (χ3n) is 6.89. The van der Waals surface area contributed by atoms with Crippen LogP contribution in [0, 0.1) is 39.9 Å². The minimum absolute atomic E-state index is 0.186. The van der Waals surface area contributed by atoms with E-state index in [0.29, 0.717) is 17.3 Å². The van der Waals surface area contributed by atoms with Gasteiger partial charge in [-0.1, -0.05) is 44.2 Å². The highest BCUT2D eigenvalue weighted by atomic mass is 32.1. The minimum atomic E-state index is -0.537. The van der Waals surface area contributed by atoms with E-state index in [-0.39, 0.29) is 5.92 Å². The van der Waals surface area contributed by atoms with Gasteiger partial charge in [0.15, 0.2) is 0 Å². The Kier molecular flexibility index (Phi) is 9.04. The molecule has 6 heteroatoms. The van der Waals surface area contributed by atoms with Gasteiger partial charge in [0.2, 0.25) is 0 Å². The lowest BCUT2D eigenvalue weighted by Crippen LogP contribution is -2.38. The van der Waals surface area contributed by atoms with E-state index in [0.717, 1.165) is 56.9 Å². The summed E-state index contributed by atoms with van der Waals surface area (Å²) in [5.41, 5.74) is 0.753. The zero-order chi connectivity index (χ0) is 23.7. The molecule has 0 aliphatic carbocycles. The van der Waals surface area contributed by atoms with Crippen molar-refractivity contribution in [3.63, 3.8) is 0 Å². The summed E-state index contributed by atoms with van der Waals surface area (Å²) < 4.78 is 0. The van der Waals surface area contributed by atoms with Crippen LogP contribution in [0.2, 0.25) is 0 Å². The molecule has 3 rings (SSSR count). The van der Waals surface area contributed by atoms with Gasteiger partial charge >= 0.3 is 0 Å². The molecular weight excluding hydrogens is 426 g/mol. The van der Waals surface area contributed by atoms with Crippen molar-refractivity contribution in [2.75, 3.05) is 26.2 Å². The fourth-order valence-electron chi connectivity index (χ4n) is 4.87. The molecule has 0 amide bonds. The van der Waals surface area contributed by atoms with Gasteiger partial charge in [0, 0.05) is 37.0 Å². The molecule has 1 aliphatic rings. The second kappa shape index (κ2) is 12.0. The number of rotatable bonds is 11. The minimum Gasteiger partial charge on any atom is -0.302 e. The van der Waals surface area contributed by atoms with E-state index in [4.69, 9.17) is 5.26 Å². The molecule has 0 radical (unpaired) electrons. The van der Waals surface area contributed by atoms with Crippen molar-refractivity contribution in [2.45, 2.75) is 57.5 Å². The van der Waals surface area contributed by atoms with E-state index >= 15 is 0 Å². The Morgan fingerprint density at radius 1 is 1.15 bits per heavy atom. The average molecular weight is 460 g/mol. The summed E-state index contributed by atoms with van der Waals surface area (Å²) in [6.07, 6.45) is 3.42. The molecule has 1 saturated heterocycles. The largest absolute Gasteiger partial charge is 0.302 e. The molecular formula is C27H33N5S. The van der Waals surface area contributed by atoms with Gasteiger partial charge in [0.25, 0.3) is 0 Å². The SMILES string of the molecule is CC(C)C(C#N)(CCCN1CC[C@H](N(CCC#N)Cc2ccccc2)C1)c1ccc(C#N)s1. The van der Waals surface area contributed by atoms with Crippen LogP contribution in [-0.2, 0) is 12.0 Å². The number of nitrogens with zero attached hydrogens (tertiary/aromatic N) is 5. The first-order chi connectivity index (χ1) is 16.0. The van der Waals surface area contributed by atoms with Crippen LogP contribution in [0.1, 0.15) is 54.8 Å². The maximum Gasteiger partial charge on any atom is 0.110 e. The monoisotopic (exact) mass is 459 g/mol. The molecule has 1 aromatic carbocycles. The molecule has 5 nitrogen and oxygen atoms in total. The molecule has 1 unspecified atom stereocenters. The Hall–Kier alpha value is -2.69. The molecule has 1 aliphatic heterocycles. The van der Waals surface area contributed by atoms with Crippen molar-refractivity contribution in [2.24, 2.45) is 5.92 Å². The van der Waals surface area contributed by atoms with Crippen LogP contribution in [0.5, 0.6) is 0 Å². The lowest BCUT2D eigenvalue weighted by Gasteiger charge is -2.31. The fourth-order valence-corrected chi connectivity index (χ4v) is 5.99. The smallest absolute Gasteiger partial charge is 0.110 e. The predicted octanol–water partition coefficient (Wildman–Crippen LogP) is 5.31. The van der Waals surface area contributed by atoms with Crippen molar-refractivity contribution in [1.82, 2.24) is 9.80 Å². The highest BCUT2D eigenvalue weighted by molar-refractivity contribution is 7.12. The number of thiophene rings is 1. The van der Waals surface area contributed by atoms with Crippen LogP contribution in [0.4, 0.5) is 0 Å². The van der Waals surface area contributed by atoms with Crippen LogP contribution in [0.25, 0.3) is 0 Å². The number of nitriles is 3. The van der Waals surface area contributed by atoms with E-state index in [1.807, 2.05) is 18.2 Å². The van der Waals surface area contributed by atoms with E-state index in [1.165, 1.54) is 16.9 Å². The first kappa shape index (κ1) is 24.9. The Morgan fingerprint density at radius 2 is 1.94 bits per heavy atom. The Morgan fingerprint density at radius 3 is 2.58 bits per heavy atom. The number of hydrogen-bond donors (Lipinski definition) is 0. The second-order valence-corrected chi connectivity index (χ2v) is 10.3. The van der Waals surface area contributed by atoms with Gasteiger partial charge in [-0.05, 0) is 56.0 Å². The van der Waals surface area contributed by atoms with Gasteiger partial charge in [-0.2, -0.15) is 15.8 Å². The molecule has 2 atom stereocenters. The normalized spacial score (nSPS) is 18.0. The summed E-state index contributed by atoms with van der Waals surface area (Å²) >= 11 is 1.46. The van der Waals surface area contributed by atoms with Crippen molar-refractivity contribution >= 4 is 11.3 Å². The van der Waals surface area contributed by atoms with Crippen molar-refractivity contribution in [1.29, 1.82) is 15.8 Å². The third kappa shape index (κ3) is 6.21. The molecule has 1 fully saturated rings. The van der Waals surface area contributed by atoms with E-state index in [1.54, 1.807) is 0 Å². The van der Waals surface area contributed by atoms with Gasteiger partial charge in [-0.25, -0.2) is 0 Å². The van der Waals surface area contributed by atoms with Crippen LogP contribution in [0.15, 0.2) is 42.5 Å². The lowest BCUT2D eigenvalue weighted by atomic mass is 9.73. The van der Waals surface area contributed by atoms with Gasteiger partial charge in [0.1, 0.15) is 10.9 Å². The predicted molar refractivity (Wildman–Crippen MR) is 132 cm³/mol. The Bertz CT molecular complexity index is 1010. The van der Waals surface area contributed by atoms with Crippen molar-refractivity contribution in [3.05, 3.63) is 57.8 Å². The fraction of sp³-hybridized carbons (Fsp3) is 0.519. The number of hydrogen-bond acceptors (Lipinski definition) is 6. The lowest BCUT2D eigenvalue weighted by molar-refractivity contribution is 0.186. The topological polar surface area (TPSA) is 77.8 Å². The zero-order valence-corrected chi connectivity index (χ0v) is 20.5. The summed E-state index contributed by atoms with van der Waals surface area (Å²) in [6.45, 7) is 8.94. The van der Waals surface area contributed by atoms with E-state index in [2.05, 4.69) is 66.1 Å². The van der Waals surface area contributed by atoms with Crippen LogP contribution < -0.4 is 0 Å². The summed E-state index contributed by atoms with van der Waals surface area (Å²) in [5.74, 6) is 0.186. The van der Waals surface area contributed by atoms with Crippen LogP contribution in [-0.4, -0.2) is 42.0 Å². The molecule has 1 aromatic heterocycles. The maximum absolute atomic E-state index is 10.1. The zero-order valence-electron chi connectivity index (χ0n) is 19.7. The first-order valence-corrected chi connectivity index (χ1v) is 12.6. The van der Waals surface area contributed by atoms with Crippen molar-refractivity contribution < 1.29 is 0 Å². The maximum atomic E-state index is 10.1. The summed E-state index contributed by atoms with van der Waals surface area (Å²) in [7, 11) is 0. The van der Waals surface area contributed by atoms with E-state index < -0.39 is 5.41 Å². The van der Waals surface area contributed by atoms with Crippen LogP contribution in [0.3, 0.4) is 0 Å². The van der Waals surface area contributed by atoms with E-state index in [9.17, 15) is 10.5 Å². The van der Waals surface area contributed by atoms with Crippen molar-refractivity contribution in [3.8, 4) is 18.2 Å². The average Bonchev–Trinajstić information content (AvgIpc) is 3.50. The Labute approximate surface area is 202 Å². The molecule has 2 aromatic rings. The number of benzene rings is 1. The highest BCUT2D eigenvalue weighted by Gasteiger charge is 2.37. The standard InChI is InChI=1S/C27H33N5S/c1-22(2)27(21-30,26-11-10-25(18-29)33-26)13-6-15-31-17-12-24(20-31)32(16-7-14-28)19-23-8-4-3-5-9-23/h3-5,8-11,22,24H,6-7,12-13,15-17,19-20H2,1-2H3/t24-,27?/m0/s1. The molecule has 0 N–H and O–H groups in total. The number of likely N-dealkylation sites (tertiary alicyclic amines) is 1. The van der Waals surface area contributed by atoms with Crippen LogP contribution >= 0.6 is 11.3 Å². The highest BCUT2D eigenvalue weighted by Crippen LogP contribution is 2.40. The quantitative estimate of drug-likeness (QED) is 0.455. The van der Waals surface area contributed by atoms with Gasteiger partial charge in [0.05, 0.1) is 17.6 Å². The van der Waals surface area contributed by atoms with Gasteiger partial charge < -0.3 is 4.90 Å². The van der Waals surface area contributed by atoms with Gasteiger partial charge in [-0.3, -0.25) is 4.90 Å². The second-order valence-electron chi connectivity index (χ2n) is 9.22. The molecule has 0 saturated carbocycles. The third-order valence-corrected chi connectivity index (χ3v) is 8.06. The van der Waals surface area contributed by atoms with Gasteiger partial charge in [-0.15, -0.1) is 11.3 Å². The summed E-state index contributed by atoms with van der Waals surface area (Å²) in [6, 6.07) is 21.9. The molecule has 172 valence electrons. The molecule has 33 heavy (non-hydrogen) atoms. The first-order valence-electron chi connectivity index (χ1n) is 11.8. The summed E-state index contributed by atoms with van der Waals surface area (Å²) in [5, 5.41) is 28.5. The summed E-state index contributed by atoms with van der Waals surface area (Å²) in [4.78, 5) is 6.65. The molecule has 0 bridgehead atoms. The molecule has 0 spiro atoms. The molecule has 2 heterocycles.